The van der Waals surface area contributed by atoms with Gasteiger partial charge in [0.15, 0.2) is 11.7 Å². The number of ether oxygens (including phenoxy) is 2. The highest BCUT2D eigenvalue weighted by atomic mass is 35.5. The fraction of sp³-hybridized carbons (Fsp3) is 0.350. The van der Waals surface area contributed by atoms with Gasteiger partial charge < -0.3 is 14.8 Å². The van der Waals surface area contributed by atoms with E-state index in [2.05, 4.69) is 10.6 Å². The number of halogens is 1. The van der Waals surface area contributed by atoms with Crippen LogP contribution in [0.3, 0.4) is 0 Å². The van der Waals surface area contributed by atoms with E-state index in [-0.39, 0.29) is 17.7 Å². The van der Waals surface area contributed by atoms with Crippen LogP contribution in [0.25, 0.3) is 0 Å². The van der Waals surface area contributed by atoms with Crippen LogP contribution >= 0.6 is 35.2 Å². The van der Waals surface area contributed by atoms with Crippen LogP contribution < -0.4 is 15.4 Å². The van der Waals surface area contributed by atoms with E-state index in [1.807, 2.05) is 0 Å². The predicted octanol–water partition coefficient (Wildman–Crippen LogP) is 4.35. The number of para-hydroxylation sites is 1. The highest BCUT2D eigenvalue weighted by molar-refractivity contribution is 7.80. The number of fused-ring (bicyclic) bond motifs is 1. The van der Waals surface area contributed by atoms with Crippen molar-refractivity contribution in [1.29, 1.82) is 0 Å². The van der Waals surface area contributed by atoms with E-state index in [1.54, 1.807) is 31.2 Å². The molecular formula is C20H21ClN2O4S2. The van der Waals surface area contributed by atoms with E-state index in [4.69, 9.17) is 33.3 Å². The van der Waals surface area contributed by atoms with Gasteiger partial charge in [0.25, 0.3) is 5.91 Å². The molecule has 0 bridgehead atoms. The van der Waals surface area contributed by atoms with Gasteiger partial charge in [0.2, 0.25) is 0 Å². The van der Waals surface area contributed by atoms with Crippen LogP contribution in [0.5, 0.6) is 5.75 Å². The Morgan fingerprint density at radius 1 is 1.24 bits per heavy atom. The number of esters is 1. The summed E-state index contributed by atoms with van der Waals surface area (Å²) in [5, 5.41) is 6.67. The fourth-order valence-corrected chi connectivity index (χ4v) is 4.83. The summed E-state index contributed by atoms with van der Waals surface area (Å²) >= 11 is 12.7. The molecule has 29 heavy (non-hydrogen) atoms. The molecule has 0 spiro atoms. The molecule has 1 aromatic heterocycles. The monoisotopic (exact) mass is 452 g/mol. The van der Waals surface area contributed by atoms with Crippen molar-refractivity contribution in [3.63, 3.8) is 0 Å². The summed E-state index contributed by atoms with van der Waals surface area (Å²) in [6.07, 6.45) is 3.90. The number of thiophene rings is 1. The molecule has 0 fully saturated rings. The molecule has 0 atom stereocenters. The molecule has 0 saturated heterocycles. The van der Waals surface area contributed by atoms with Crippen LogP contribution in [-0.2, 0) is 22.4 Å². The van der Waals surface area contributed by atoms with E-state index < -0.39 is 5.91 Å². The van der Waals surface area contributed by atoms with Crippen LogP contribution in [0, 0.1) is 0 Å². The van der Waals surface area contributed by atoms with Gasteiger partial charge >= 0.3 is 5.97 Å². The second kappa shape index (κ2) is 10.0. The summed E-state index contributed by atoms with van der Waals surface area (Å²) in [5.74, 6) is -0.384. The predicted molar refractivity (Wildman–Crippen MR) is 118 cm³/mol. The van der Waals surface area contributed by atoms with Crippen molar-refractivity contribution in [2.24, 2.45) is 0 Å². The van der Waals surface area contributed by atoms with Crippen LogP contribution in [0.15, 0.2) is 24.3 Å². The molecule has 2 aromatic rings. The summed E-state index contributed by atoms with van der Waals surface area (Å²) in [7, 11) is 0. The third-order valence-corrected chi connectivity index (χ3v) is 6.05. The number of anilines is 1. The first-order valence-corrected chi connectivity index (χ1v) is 10.9. The maximum absolute atomic E-state index is 12.5. The first-order valence-electron chi connectivity index (χ1n) is 9.29. The number of benzene rings is 1. The molecule has 1 aliphatic carbocycles. The SMILES string of the molecule is CCOC(=O)c1c(NC(=S)NC(=O)COc2ccccc2Cl)sc2c1CCCC2. The minimum atomic E-state index is -0.429. The molecule has 0 aliphatic heterocycles. The lowest BCUT2D eigenvalue weighted by molar-refractivity contribution is -0.121. The number of thiocarbonyl (C=S) groups is 1. The largest absolute Gasteiger partial charge is 0.482 e. The van der Waals surface area contributed by atoms with Crippen molar-refractivity contribution in [3.8, 4) is 5.75 Å². The third-order valence-electron chi connectivity index (χ3n) is 4.33. The van der Waals surface area contributed by atoms with E-state index in [0.717, 1.165) is 36.1 Å². The number of aryl methyl sites for hydroxylation is 1. The molecule has 0 radical (unpaired) electrons. The molecule has 3 rings (SSSR count). The Hall–Kier alpha value is -2.16. The lowest BCUT2D eigenvalue weighted by atomic mass is 9.95. The maximum Gasteiger partial charge on any atom is 0.341 e. The average molecular weight is 453 g/mol. The number of carbonyl (C=O) groups excluding carboxylic acids is 2. The summed E-state index contributed by atoms with van der Waals surface area (Å²) < 4.78 is 10.6. The zero-order chi connectivity index (χ0) is 20.8. The number of rotatable bonds is 6. The Kier molecular flexibility index (Phi) is 7.46. The topological polar surface area (TPSA) is 76.7 Å². The quantitative estimate of drug-likeness (QED) is 0.501. The normalized spacial score (nSPS) is 12.6. The molecule has 0 unspecified atom stereocenters. The van der Waals surface area contributed by atoms with E-state index in [9.17, 15) is 9.59 Å². The van der Waals surface area contributed by atoms with Crippen LogP contribution in [0.4, 0.5) is 5.00 Å². The Bertz CT molecular complexity index is 929. The van der Waals surface area contributed by atoms with Gasteiger partial charge in [-0.1, -0.05) is 23.7 Å². The molecule has 1 aliphatic rings. The van der Waals surface area contributed by atoms with Crippen molar-refractivity contribution in [2.75, 3.05) is 18.5 Å². The van der Waals surface area contributed by atoms with Crippen LogP contribution in [0.2, 0.25) is 5.02 Å². The van der Waals surface area contributed by atoms with E-state index >= 15 is 0 Å². The second-order valence-electron chi connectivity index (χ2n) is 6.36. The number of hydrogen-bond donors (Lipinski definition) is 2. The molecule has 154 valence electrons. The summed E-state index contributed by atoms with van der Waals surface area (Å²) in [4.78, 5) is 25.8. The second-order valence-corrected chi connectivity index (χ2v) is 8.28. The summed E-state index contributed by atoms with van der Waals surface area (Å²) in [5.41, 5.74) is 1.55. The highest BCUT2D eigenvalue weighted by Crippen LogP contribution is 2.38. The van der Waals surface area contributed by atoms with Gasteiger partial charge in [0.05, 0.1) is 17.2 Å². The number of amides is 1. The smallest absolute Gasteiger partial charge is 0.341 e. The van der Waals surface area contributed by atoms with Crippen molar-refractivity contribution in [2.45, 2.75) is 32.6 Å². The van der Waals surface area contributed by atoms with Gasteiger partial charge in [-0.3, -0.25) is 10.1 Å². The van der Waals surface area contributed by atoms with Crippen LogP contribution in [0.1, 0.15) is 40.6 Å². The first kappa shape index (κ1) is 21.5. The van der Waals surface area contributed by atoms with Crippen molar-refractivity contribution in [3.05, 3.63) is 45.3 Å². The Balaban J connectivity index is 1.64. The van der Waals surface area contributed by atoms with Gasteiger partial charge in [-0.05, 0) is 62.5 Å². The summed E-state index contributed by atoms with van der Waals surface area (Å²) in [6.45, 7) is 1.83. The molecule has 9 heteroatoms. The Morgan fingerprint density at radius 2 is 2.00 bits per heavy atom. The van der Waals surface area contributed by atoms with Crippen molar-refractivity contribution >= 4 is 57.1 Å². The third kappa shape index (κ3) is 5.46. The number of carbonyl (C=O) groups is 2. The Labute approximate surface area is 183 Å². The lowest BCUT2D eigenvalue weighted by Gasteiger charge is -2.13. The van der Waals surface area contributed by atoms with Gasteiger partial charge in [-0.15, -0.1) is 11.3 Å². The molecule has 2 N–H and O–H groups in total. The molecule has 1 amide bonds. The highest BCUT2D eigenvalue weighted by Gasteiger charge is 2.27. The standard InChI is InChI=1S/C20H21ClN2O4S2/c1-2-26-19(25)17-12-7-3-6-10-15(12)29-18(17)23-20(28)22-16(24)11-27-14-9-5-4-8-13(14)21/h4-5,8-9H,2-3,6-7,10-11H2,1H3,(H2,22,23,24,28). The molecular weight excluding hydrogens is 432 g/mol. The zero-order valence-electron chi connectivity index (χ0n) is 15.9. The molecule has 1 heterocycles. The molecule has 6 nitrogen and oxygen atoms in total. The fourth-order valence-electron chi connectivity index (χ4n) is 3.08. The maximum atomic E-state index is 12.5. The van der Waals surface area contributed by atoms with Gasteiger partial charge in [-0.25, -0.2) is 4.79 Å². The van der Waals surface area contributed by atoms with Gasteiger partial charge in [-0.2, -0.15) is 0 Å². The minimum absolute atomic E-state index is 0.0990. The zero-order valence-corrected chi connectivity index (χ0v) is 18.3. The van der Waals surface area contributed by atoms with Crippen LogP contribution in [-0.4, -0.2) is 30.2 Å². The van der Waals surface area contributed by atoms with Gasteiger partial charge in [0.1, 0.15) is 10.8 Å². The van der Waals surface area contributed by atoms with Gasteiger partial charge in [0, 0.05) is 4.88 Å². The molecule has 0 saturated carbocycles. The minimum Gasteiger partial charge on any atom is -0.482 e. The molecule has 1 aromatic carbocycles. The van der Waals surface area contributed by atoms with Crippen molar-refractivity contribution in [1.82, 2.24) is 5.32 Å². The van der Waals surface area contributed by atoms with E-state index in [0.29, 0.717) is 27.9 Å². The first-order chi connectivity index (χ1) is 14.0. The number of hydrogen-bond acceptors (Lipinski definition) is 6. The average Bonchev–Trinajstić information content (AvgIpc) is 3.05. The number of nitrogens with one attached hydrogen (secondary N) is 2. The van der Waals surface area contributed by atoms with Crippen molar-refractivity contribution < 1.29 is 19.1 Å². The lowest BCUT2D eigenvalue weighted by Crippen LogP contribution is -2.37. The van der Waals surface area contributed by atoms with E-state index in [1.165, 1.54) is 11.3 Å². The summed E-state index contributed by atoms with van der Waals surface area (Å²) in [6, 6.07) is 6.89. The Morgan fingerprint density at radius 3 is 2.76 bits per heavy atom.